The van der Waals surface area contributed by atoms with Gasteiger partial charge in [-0.15, -0.1) is 0 Å². The molecule has 3 N–H and O–H groups in total. The van der Waals surface area contributed by atoms with Crippen LogP contribution in [0, 0.1) is 11.8 Å². The second-order valence-corrected chi connectivity index (χ2v) is 8.15. The van der Waals surface area contributed by atoms with E-state index in [0.29, 0.717) is 35.2 Å². The predicted molar refractivity (Wildman–Crippen MR) is 110 cm³/mol. The molecule has 4 rings (SSSR count). The van der Waals surface area contributed by atoms with Gasteiger partial charge < -0.3 is 11.1 Å². The smallest absolute Gasteiger partial charge is 0.366 e. The lowest BCUT2D eigenvalue weighted by atomic mass is 9.83. The fourth-order valence-corrected chi connectivity index (χ4v) is 4.24. The van der Waals surface area contributed by atoms with E-state index in [1.54, 1.807) is 6.07 Å². The Morgan fingerprint density at radius 2 is 2.16 bits per heavy atom. The van der Waals surface area contributed by atoms with Gasteiger partial charge in [0, 0.05) is 23.5 Å². The number of benzene rings is 1. The summed E-state index contributed by atoms with van der Waals surface area (Å²) in [4.78, 5) is 15.9. The third kappa shape index (κ3) is 4.41. The number of halogens is 3. The van der Waals surface area contributed by atoms with E-state index in [4.69, 9.17) is 5.73 Å². The maximum atomic E-state index is 13.3. The molecule has 0 aliphatic carbocycles. The van der Waals surface area contributed by atoms with Crippen molar-refractivity contribution in [2.75, 3.05) is 13.1 Å². The van der Waals surface area contributed by atoms with Crippen LogP contribution in [0.2, 0.25) is 0 Å². The van der Waals surface area contributed by atoms with E-state index in [0.717, 1.165) is 43.6 Å². The van der Waals surface area contributed by atoms with E-state index in [9.17, 15) is 18.0 Å². The number of hydrogen-bond acceptors (Lipinski definition) is 4. The molecule has 3 heterocycles. The molecule has 2 aromatic heterocycles. The summed E-state index contributed by atoms with van der Waals surface area (Å²) in [5.74, 6) is 0.382. The molecule has 6 nitrogen and oxygen atoms in total. The Bertz CT molecular complexity index is 1110. The number of alkyl halides is 3. The molecular formula is C22H24F3N5O. The van der Waals surface area contributed by atoms with Crippen molar-refractivity contribution in [3.63, 3.8) is 0 Å². The fourth-order valence-electron chi connectivity index (χ4n) is 4.24. The average molecular weight is 431 g/mol. The highest BCUT2D eigenvalue weighted by atomic mass is 19.4. The zero-order valence-electron chi connectivity index (χ0n) is 17.1. The topological polar surface area (TPSA) is 85.3 Å². The van der Waals surface area contributed by atoms with E-state index in [1.165, 1.54) is 23.0 Å². The highest BCUT2D eigenvalue weighted by Gasteiger charge is 2.31. The molecule has 2 atom stereocenters. The van der Waals surface area contributed by atoms with Crippen LogP contribution in [-0.4, -0.2) is 33.6 Å². The van der Waals surface area contributed by atoms with Crippen molar-refractivity contribution in [3.05, 3.63) is 53.3 Å². The first-order valence-electron chi connectivity index (χ1n) is 10.3. The second-order valence-electron chi connectivity index (χ2n) is 8.15. The number of rotatable bonds is 5. The van der Waals surface area contributed by atoms with E-state index in [-0.39, 0.29) is 5.56 Å². The van der Waals surface area contributed by atoms with E-state index in [2.05, 4.69) is 22.3 Å². The normalized spacial score (nSPS) is 19.6. The van der Waals surface area contributed by atoms with Gasteiger partial charge in [-0.05, 0) is 56.3 Å². The lowest BCUT2D eigenvalue weighted by Crippen LogP contribution is -2.35. The molecule has 1 aliphatic heterocycles. The van der Waals surface area contributed by atoms with Crippen LogP contribution in [0.5, 0.6) is 0 Å². The predicted octanol–water partition coefficient (Wildman–Crippen LogP) is 3.69. The van der Waals surface area contributed by atoms with Gasteiger partial charge in [-0.2, -0.15) is 18.3 Å². The molecule has 164 valence electrons. The van der Waals surface area contributed by atoms with Crippen molar-refractivity contribution in [1.29, 1.82) is 0 Å². The highest BCUT2D eigenvalue weighted by molar-refractivity contribution is 5.92. The number of aromatic nitrogens is 3. The molecule has 0 radical (unpaired) electrons. The summed E-state index contributed by atoms with van der Waals surface area (Å²) >= 11 is 0. The van der Waals surface area contributed by atoms with Gasteiger partial charge in [0.2, 0.25) is 0 Å². The molecule has 1 amide bonds. The first-order valence-corrected chi connectivity index (χ1v) is 10.3. The molecule has 0 bridgehead atoms. The minimum Gasteiger partial charge on any atom is -0.366 e. The number of hydrogen-bond donors (Lipinski definition) is 2. The second kappa shape index (κ2) is 8.30. The number of amides is 1. The number of piperidine rings is 1. The Morgan fingerprint density at radius 3 is 2.87 bits per heavy atom. The largest absolute Gasteiger partial charge is 0.416 e. The molecule has 1 aromatic carbocycles. The number of nitrogens with zero attached hydrogens (tertiary/aromatic N) is 3. The van der Waals surface area contributed by atoms with Crippen LogP contribution in [0.1, 0.15) is 41.3 Å². The number of nitrogens with one attached hydrogen (secondary N) is 1. The molecule has 0 spiro atoms. The Kier molecular flexibility index (Phi) is 5.70. The molecular weight excluding hydrogens is 407 g/mol. The zero-order valence-corrected chi connectivity index (χ0v) is 17.1. The van der Waals surface area contributed by atoms with Gasteiger partial charge >= 0.3 is 6.18 Å². The maximum absolute atomic E-state index is 13.3. The minimum absolute atomic E-state index is 0.184. The van der Waals surface area contributed by atoms with Crippen molar-refractivity contribution in [3.8, 4) is 11.3 Å². The maximum Gasteiger partial charge on any atom is 0.416 e. The first-order chi connectivity index (χ1) is 14.7. The van der Waals surface area contributed by atoms with Gasteiger partial charge in [-0.1, -0.05) is 19.1 Å². The Labute approximate surface area is 177 Å². The number of carbonyl (C=O) groups is 1. The van der Waals surface area contributed by atoms with Gasteiger partial charge in [0.1, 0.15) is 0 Å². The number of primary amides is 1. The van der Waals surface area contributed by atoms with Crippen LogP contribution in [0.4, 0.5) is 13.2 Å². The Morgan fingerprint density at radius 1 is 1.35 bits per heavy atom. The Hall–Kier alpha value is -2.94. The van der Waals surface area contributed by atoms with E-state index >= 15 is 0 Å². The summed E-state index contributed by atoms with van der Waals surface area (Å²) in [5.41, 5.74) is 6.92. The van der Waals surface area contributed by atoms with Crippen LogP contribution >= 0.6 is 0 Å². The van der Waals surface area contributed by atoms with Gasteiger partial charge in [-0.3, -0.25) is 4.79 Å². The van der Waals surface area contributed by atoms with Gasteiger partial charge in [0.15, 0.2) is 5.65 Å². The number of fused-ring (bicyclic) bond motifs is 1. The van der Waals surface area contributed by atoms with Crippen LogP contribution in [-0.2, 0) is 12.6 Å². The molecule has 2 unspecified atom stereocenters. The van der Waals surface area contributed by atoms with Crippen LogP contribution in [0.25, 0.3) is 16.9 Å². The molecule has 3 aromatic rings. The molecule has 0 saturated carbocycles. The Balaban J connectivity index is 1.77. The number of carbonyl (C=O) groups excluding carboxylic acids is 1. The summed E-state index contributed by atoms with van der Waals surface area (Å²) < 4.78 is 41.2. The summed E-state index contributed by atoms with van der Waals surface area (Å²) in [7, 11) is 0. The molecule has 31 heavy (non-hydrogen) atoms. The lowest BCUT2D eigenvalue weighted by Gasteiger charge is -2.29. The van der Waals surface area contributed by atoms with Crippen molar-refractivity contribution in [2.45, 2.75) is 32.4 Å². The van der Waals surface area contributed by atoms with Gasteiger partial charge in [0.05, 0.1) is 16.8 Å². The minimum atomic E-state index is -4.45. The molecule has 9 heteroatoms. The summed E-state index contributed by atoms with van der Waals surface area (Å²) in [6.07, 6.45) is 0.975. The van der Waals surface area contributed by atoms with Gasteiger partial charge in [-0.25, -0.2) is 9.50 Å². The summed E-state index contributed by atoms with van der Waals surface area (Å²) in [6, 6.07) is 5.14. The van der Waals surface area contributed by atoms with Gasteiger partial charge in [0.25, 0.3) is 5.91 Å². The third-order valence-corrected chi connectivity index (χ3v) is 6.04. The quantitative estimate of drug-likeness (QED) is 0.645. The van der Waals surface area contributed by atoms with Crippen LogP contribution in [0.3, 0.4) is 0 Å². The van der Waals surface area contributed by atoms with Crippen LogP contribution < -0.4 is 11.1 Å². The monoisotopic (exact) mass is 431 g/mol. The third-order valence-electron chi connectivity index (χ3n) is 6.04. The standard InChI is InChI=1S/C22H24F3N5O/c1-13-10-27-8-7-14(13)5-6-18-19(15-3-2-4-17(9-15)22(23,24)25)29-30-12-16(20(26)31)11-28-21(18)30/h2-4,9,11-14,27H,5-8,10H2,1H3,(H2,26,31). The van der Waals surface area contributed by atoms with E-state index < -0.39 is 17.6 Å². The van der Waals surface area contributed by atoms with Crippen molar-refractivity contribution in [1.82, 2.24) is 19.9 Å². The van der Waals surface area contributed by atoms with Crippen molar-refractivity contribution >= 4 is 11.6 Å². The van der Waals surface area contributed by atoms with Crippen molar-refractivity contribution < 1.29 is 18.0 Å². The summed E-state index contributed by atoms with van der Waals surface area (Å²) in [5, 5.41) is 7.88. The summed E-state index contributed by atoms with van der Waals surface area (Å²) in [6.45, 7) is 4.13. The molecule has 1 aliphatic rings. The molecule has 1 fully saturated rings. The highest BCUT2D eigenvalue weighted by Crippen LogP contribution is 2.34. The van der Waals surface area contributed by atoms with Crippen LogP contribution in [0.15, 0.2) is 36.7 Å². The first kappa shape index (κ1) is 21.3. The number of nitrogens with two attached hydrogens (primary N) is 1. The number of aryl methyl sites for hydroxylation is 1. The molecule has 1 saturated heterocycles. The average Bonchev–Trinajstić information content (AvgIpc) is 3.10. The zero-order chi connectivity index (χ0) is 22.2. The fraction of sp³-hybridized carbons (Fsp3) is 0.409. The lowest BCUT2D eigenvalue weighted by molar-refractivity contribution is -0.137. The van der Waals surface area contributed by atoms with E-state index in [1.807, 2.05) is 0 Å². The van der Waals surface area contributed by atoms with Crippen molar-refractivity contribution in [2.24, 2.45) is 17.6 Å². The SMILES string of the molecule is CC1CNCCC1CCc1c(-c2cccc(C(F)(F)F)c2)nn2cc(C(N)=O)cnc12.